The van der Waals surface area contributed by atoms with Gasteiger partial charge in [-0.1, -0.05) is 26.0 Å². The van der Waals surface area contributed by atoms with Crippen LogP contribution in [0.3, 0.4) is 0 Å². The number of benzene rings is 1. The lowest BCUT2D eigenvalue weighted by atomic mass is 9.92. The minimum atomic E-state index is 0.0958. The molecule has 4 nitrogen and oxygen atoms in total. The van der Waals surface area contributed by atoms with Gasteiger partial charge in [-0.15, -0.1) is 0 Å². The van der Waals surface area contributed by atoms with Crippen molar-refractivity contribution in [3.8, 4) is 17.9 Å². The number of likely N-dealkylation sites (tertiary alicyclic amines) is 1. The lowest BCUT2D eigenvalue weighted by molar-refractivity contribution is 0.120. The van der Waals surface area contributed by atoms with Gasteiger partial charge in [0.15, 0.2) is 0 Å². The normalized spacial score (nSPS) is 21.0. The van der Waals surface area contributed by atoms with Gasteiger partial charge in [-0.3, -0.25) is 4.90 Å². The van der Waals surface area contributed by atoms with Crippen molar-refractivity contribution < 1.29 is 4.74 Å². The van der Waals surface area contributed by atoms with E-state index in [4.69, 9.17) is 15.3 Å². The van der Waals surface area contributed by atoms with E-state index in [1.807, 2.05) is 36.4 Å². The van der Waals surface area contributed by atoms with Crippen LogP contribution in [0.1, 0.15) is 25.8 Å². The van der Waals surface area contributed by atoms with Crippen molar-refractivity contribution in [3.05, 3.63) is 35.4 Å². The molecule has 1 aliphatic heterocycles. The predicted molar refractivity (Wildman–Crippen MR) is 90.5 cm³/mol. The summed E-state index contributed by atoms with van der Waals surface area (Å²) in [6.07, 6.45) is 2.88. The molecular formula is C19H23N3O. The Balaban J connectivity index is 1.88. The van der Waals surface area contributed by atoms with Crippen LogP contribution in [-0.2, 0) is 0 Å². The molecule has 1 saturated heterocycles. The van der Waals surface area contributed by atoms with Gasteiger partial charge in [0.2, 0.25) is 0 Å². The smallest absolute Gasteiger partial charge is 0.130 e. The molecule has 0 amide bonds. The van der Waals surface area contributed by atoms with Crippen molar-refractivity contribution in [3.63, 3.8) is 0 Å². The SMILES string of the molecule is CC1CC(C)CN(CCOc2cccc(C=C(C#N)C#N)c2)C1. The Morgan fingerprint density at radius 3 is 2.61 bits per heavy atom. The molecule has 1 heterocycles. The van der Waals surface area contributed by atoms with E-state index in [1.54, 1.807) is 6.08 Å². The van der Waals surface area contributed by atoms with E-state index < -0.39 is 0 Å². The van der Waals surface area contributed by atoms with Crippen LogP contribution < -0.4 is 4.74 Å². The third-order valence-electron chi connectivity index (χ3n) is 4.03. The van der Waals surface area contributed by atoms with Crippen LogP contribution in [0.15, 0.2) is 29.8 Å². The number of ether oxygens (including phenoxy) is 1. The van der Waals surface area contributed by atoms with Crippen LogP contribution >= 0.6 is 0 Å². The molecule has 1 fully saturated rings. The molecule has 0 aromatic heterocycles. The van der Waals surface area contributed by atoms with Gasteiger partial charge in [0.05, 0.1) is 0 Å². The minimum absolute atomic E-state index is 0.0958. The Bertz CT molecular complexity index is 613. The van der Waals surface area contributed by atoms with Gasteiger partial charge in [0.25, 0.3) is 0 Å². The molecule has 0 spiro atoms. The third kappa shape index (κ3) is 5.43. The maximum atomic E-state index is 8.81. The van der Waals surface area contributed by atoms with E-state index in [-0.39, 0.29) is 5.57 Å². The fourth-order valence-electron chi connectivity index (χ4n) is 3.22. The summed E-state index contributed by atoms with van der Waals surface area (Å²) < 4.78 is 5.83. The van der Waals surface area contributed by atoms with Crippen molar-refractivity contribution >= 4 is 6.08 Å². The molecule has 0 aliphatic carbocycles. The zero-order valence-corrected chi connectivity index (χ0v) is 13.8. The molecule has 0 N–H and O–H groups in total. The Kier molecular flexibility index (Phi) is 6.20. The molecule has 1 aromatic rings. The molecule has 0 saturated carbocycles. The molecule has 0 bridgehead atoms. The molecule has 0 radical (unpaired) electrons. The van der Waals surface area contributed by atoms with Gasteiger partial charge < -0.3 is 4.74 Å². The number of piperidine rings is 1. The van der Waals surface area contributed by atoms with Gasteiger partial charge >= 0.3 is 0 Å². The number of hydrogen-bond donors (Lipinski definition) is 0. The van der Waals surface area contributed by atoms with Gasteiger partial charge in [-0.25, -0.2) is 0 Å². The summed E-state index contributed by atoms with van der Waals surface area (Å²) in [6.45, 7) is 8.48. The summed E-state index contributed by atoms with van der Waals surface area (Å²) >= 11 is 0. The number of rotatable bonds is 5. The zero-order valence-electron chi connectivity index (χ0n) is 13.8. The molecule has 2 rings (SSSR count). The first-order valence-electron chi connectivity index (χ1n) is 8.08. The number of allylic oxidation sites excluding steroid dienone is 1. The first-order valence-corrected chi connectivity index (χ1v) is 8.08. The summed E-state index contributed by atoms with van der Waals surface area (Å²) in [5, 5.41) is 17.6. The second kappa shape index (κ2) is 8.36. The van der Waals surface area contributed by atoms with E-state index in [1.165, 1.54) is 6.42 Å². The summed E-state index contributed by atoms with van der Waals surface area (Å²) in [7, 11) is 0. The van der Waals surface area contributed by atoms with Crippen LogP contribution in [0.25, 0.3) is 6.08 Å². The number of hydrogen-bond acceptors (Lipinski definition) is 4. The molecule has 23 heavy (non-hydrogen) atoms. The zero-order chi connectivity index (χ0) is 16.7. The Hall–Kier alpha value is -2.30. The summed E-state index contributed by atoms with van der Waals surface area (Å²) in [6, 6.07) is 11.2. The standard InChI is InChI=1S/C19H23N3O/c1-15-8-16(2)14-22(13-15)6-7-23-19-5-3-4-17(10-19)9-18(11-20)12-21/h3-5,9-10,15-16H,6-8,13-14H2,1-2H3. The van der Waals surface area contributed by atoms with Crippen molar-refractivity contribution in [2.45, 2.75) is 20.3 Å². The van der Waals surface area contributed by atoms with Crippen LogP contribution in [0, 0.1) is 34.5 Å². The van der Waals surface area contributed by atoms with E-state index in [0.717, 1.165) is 42.8 Å². The summed E-state index contributed by atoms with van der Waals surface area (Å²) in [4.78, 5) is 2.46. The van der Waals surface area contributed by atoms with E-state index in [9.17, 15) is 0 Å². The maximum Gasteiger partial charge on any atom is 0.130 e. The fraction of sp³-hybridized carbons (Fsp3) is 0.474. The van der Waals surface area contributed by atoms with Crippen molar-refractivity contribution in [2.24, 2.45) is 11.8 Å². The Morgan fingerprint density at radius 1 is 1.26 bits per heavy atom. The van der Waals surface area contributed by atoms with Crippen LogP contribution in [0.5, 0.6) is 5.75 Å². The average molecular weight is 309 g/mol. The van der Waals surface area contributed by atoms with Gasteiger partial charge in [-0.2, -0.15) is 10.5 Å². The first kappa shape index (κ1) is 17.1. The minimum Gasteiger partial charge on any atom is -0.492 e. The summed E-state index contributed by atoms with van der Waals surface area (Å²) in [5.41, 5.74) is 0.902. The molecule has 2 unspecified atom stereocenters. The molecule has 4 heteroatoms. The Morgan fingerprint density at radius 2 is 1.96 bits per heavy atom. The van der Waals surface area contributed by atoms with E-state index >= 15 is 0 Å². The highest BCUT2D eigenvalue weighted by atomic mass is 16.5. The number of nitrogens with zero attached hydrogens (tertiary/aromatic N) is 3. The average Bonchev–Trinajstić information content (AvgIpc) is 2.52. The van der Waals surface area contributed by atoms with Crippen LogP contribution in [0.4, 0.5) is 0 Å². The molecular weight excluding hydrogens is 286 g/mol. The second-order valence-electron chi connectivity index (χ2n) is 6.41. The largest absolute Gasteiger partial charge is 0.492 e. The van der Waals surface area contributed by atoms with Crippen molar-refractivity contribution in [2.75, 3.05) is 26.2 Å². The van der Waals surface area contributed by atoms with Crippen molar-refractivity contribution in [1.82, 2.24) is 4.90 Å². The fourth-order valence-corrected chi connectivity index (χ4v) is 3.22. The highest BCUT2D eigenvalue weighted by molar-refractivity contribution is 5.62. The first-order chi connectivity index (χ1) is 11.1. The predicted octanol–water partition coefficient (Wildman–Crippen LogP) is 3.47. The lowest BCUT2D eigenvalue weighted by Gasteiger charge is -2.34. The lowest BCUT2D eigenvalue weighted by Crippen LogP contribution is -2.40. The van der Waals surface area contributed by atoms with E-state index in [0.29, 0.717) is 6.61 Å². The van der Waals surface area contributed by atoms with Gasteiger partial charge in [0.1, 0.15) is 30.1 Å². The highest BCUT2D eigenvalue weighted by Gasteiger charge is 2.21. The third-order valence-corrected chi connectivity index (χ3v) is 4.03. The molecule has 1 aromatic carbocycles. The number of nitriles is 2. The van der Waals surface area contributed by atoms with Crippen molar-refractivity contribution in [1.29, 1.82) is 10.5 Å². The molecule has 120 valence electrons. The van der Waals surface area contributed by atoms with E-state index in [2.05, 4.69) is 18.7 Å². The summed E-state index contributed by atoms with van der Waals surface area (Å²) in [5.74, 6) is 2.28. The van der Waals surface area contributed by atoms with Crippen LogP contribution in [-0.4, -0.2) is 31.1 Å². The molecule has 1 aliphatic rings. The monoisotopic (exact) mass is 309 g/mol. The van der Waals surface area contributed by atoms with Gasteiger partial charge in [-0.05, 0) is 42.0 Å². The van der Waals surface area contributed by atoms with Gasteiger partial charge in [0, 0.05) is 19.6 Å². The molecule has 2 atom stereocenters. The quantitative estimate of drug-likeness (QED) is 0.781. The Labute approximate surface area is 138 Å². The van der Waals surface area contributed by atoms with Crippen LogP contribution in [0.2, 0.25) is 0 Å². The second-order valence-corrected chi connectivity index (χ2v) is 6.41. The maximum absolute atomic E-state index is 8.81. The topological polar surface area (TPSA) is 60.0 Å². The highest BCUT2D eigenvalue weighted by Crippen LogP contribution is 2.21.